The molecule has 2 aromatic carbocycles. The van der Waals surface area contributed by atoms with Crippen LogP contribution in [0.2, 0.25) is 0 Å². The molecular weight excluding hydrogens is 444 g/mol. The summed E-state index contributed by atoms with van der Waals surface area (Å²) in [6, 6.07) is 20.1. The van der Waals surface area contributed by atoms with Crippen LogP contribution < -0.4 is 10.6 Å². The first-order valence-electron chi connectivity index (χ1n) is 11.3. The topological polar surface area (TPSA) is 115 Å². The van der Waals surface area contributed by atoms with Gasteiger partial charge in [0.1, 0.15) is 11.5 Å². The van der Waals surface area contributed by atoms with Crippen LogP contribution in [0.5, 0.6) is 0 Å². The van der Waals surface area contributed by atoms with Crippen molar-refractivity contribution in [1.82, 2.24) is 30.8 Å². The van der Waals surface area contributed by atoms with Gasteiger partial charge in [-0.3, -0.25) is 9.59 Å². The van der Waals surface area contributed by atoms with Crippen LogP contribution in [0.3, 0.4) is 0 Å². The van der Waals surface area contributed by atoms with Gasteiger partial charge in [0.2, 0.25) is 0 Å². The van der Waals surface area contributed by atoms with E-state index in [0.717, 1.165) is 17.5 Å². The van der Waals surface area contributed by atoms with E-state index < -0.39 is 5.91 Å². The molecule has 2 heterocycles. The van der Waals surface area contributed by atoms with Gasteiger partial charge in [0.25, 0.3) is 11.8 Å². The van der Waals surface area contributed by atoms with Crippen molar-refractivity contribution in [2.45, 2.75) is 32.9 Å². The summed E-state index contributed by atoms with van der Waals surface area (Å²) < 4.78 is 6.80. The Bertz CT molecular complexity index is 1310. The van der Waals surface area contributed by atoms with Gasteiger partial charge < -0.3 is 15.1 Å². The largest absolute Gasteiger partial charge is 0.465 e. The van der Waals surface area contributed by atoms with Crippen molar-refractivity contribution >= 4 is 23.6 Å². The highest BCUT2D eigenvalue weighted by molar-refractivity contribution is 6.18. The van der Waals surface area contributed by atoms with E-state index in [0.29, 0.717) is 17.1 Å². The normalized spacial score (nSPS) is 12.2. The minimum absolute atomic E-state index is 0.0789. The maximum absolute atomic E-state index is 13.3. The van der Waals surface area contributed by atoms with Gasteiger partial charge in [0.05, 0.1) is 6.26 Å². The average Bonchev–Trinajstić information content (AvgIpc) is 3.58. The third-order valence-corrected chi connectivity index (χ3v) is 5.42. The van der Waals surface area contributed by atoms with Gasteiger partial charge in [0.15, 0.2) is 5.82 Å². The van der Waals surface area contributed by atoms with Crippen molar-refractivity contribution in [2.75, 3.05) is 0 Å². The number of tetrazole rings is 1. The number of benzene rings is 2. The fourth-order valence-electron chi connectivity index (χ4n) is 3.35. The summed E-state index contributed by atoms with van der Waals surface area (Å²) in [6.45, 7) is 4.18. The van der Waals surface area contributed by atoms with Gasteiger partial charge >= 0.3 is 0 Å². The van der Waals surface area contributed by atoms with E-state index in [1.54, 1.807) is 36.4 Å². The quantitative estimate of drug-likeness (QED) is 0.360. The first kappa shape index (κ1) is 23.6. The molecular formula is C26H26N6O3. The Balaban J connectivity index is 1.56. The number of furan rings is 1. The molecule has 4 aromatic rings. The first-order valence-corrected chi connectivity index (χ1v) is 11.3. The smallest absolute Gasteiger partial charge is 0.270 e. The fraction of sp³-hybridized carbons (Fsp3) is 0.192. The Morgan fingerprint density at radius 2 is 1.91 bits per heavy atom. The lowest BCUT2D eigenvalue weighted by Crippen LogP contribution is -2.32. The summed E-state index contributed by atoms with van der Waals surface area (Å²) in [7, 11) is 0. The van der Waals surface area contributed by atoms with Crippen LogP contribution in [0, 0.1) is 0 Å². The minimum Gasteiger partial charge on any atom is -0.465 e. The van der Waals surface area contributed by atoms with Crippen molar-refractivity contribution in [1.29, 1.82) is 0 Å². The summed E-state index contributed by atoms with van der Waals surface area (Å²) in [4.78, 5) is 25.8. The number of hydrogen-bond acceptors (Lipinski definition) is 6. The second kappa shape index (κ2) is 11.1. The zero-order chi connectivity index (χ0) is 24.6. The van der Waals surface area contributed by atoms with Crippen molar-refractivity contribution in [2.24, 2.45) is 0 Å². The molecule has 2 aromatic heterocycles. The highest BCUT2D eigenvalue weighted by Gasteiger charge is 2.20. The van der Waals surface area contributed by atoms with E-state index in [4.69, 9.17) is 4.42 Å². The molecule has 0 aliphatic heterocycles. The SMILES string of the molecule is CCC(C)NC(=O)c1cccc(CNC(=O)/C(=C/c2ccco2)n2nnnc2-c2ccccc2)c1. The monoisotopic (exact) mass is 470 g/mol. The molecule has 2 N–H and O–H groups in total. The number of hydrogen-bond donors (Lipinski definition) is 2. The molecule has 0 bridgehead atoms. The third kappa shape index (κ3) is 5.89. The van der Waals surface area contributed by atoms with Crippen LogP contribution >= 0.6 is 0 Å². The molecule has 0 spiro atoms. The van der Waals surface area contributed by atoms with Crippen LogP contribution in [-0.4, -0.2) is 38.1 Å². The number of nitrogens with zero attached hydrogens (tertiary/aromatic N) is 4. The van der Waals surface area contributed by atoms with Gasteiger partial charge in [-0.05, 0) is 53.6 Å². The lowest BCUT2D eigenvalue weighted by molar-refractivity contribution is -0.116. The van der Waals surface area contributed by atoms with Crippen molar-refractivity contribution in [3.05, 3.63) is 89.9 Å². The molecule has 178 valence electrons. The Morgan fingerprint density at radius 3 is 2.66 bits per heavy atom. The number of aromatic nitrogens is 4. The van der Waals surface area contributed by atoms with Gasteiger partial charge in [0, 0.05) is 29.8 Å². The third-order valence-electron chi connectivity index (χ3n) is 5.42. The Hall–Kier alpha value is -4.53. The maximum Gasteiger partial charge on any atom is 0.270 e. The first-order chi connectivity index (χ1) is 17.0. The van der Waals surface area contributed by atoms with E-state index in [9.17, 15) is 9.59 Å². The number of carbonyl (C=O) groups excluding carboxylic acids is 2. The molecule has 1 atom stereocenters. The molecule has 9 heteroatoms. The van der Waals surface area contributed by atoms with E-state index in [1.807, 2.05) is 50.2 Å². The molecule has 0 aliphatic carbocycles. The minimum atomic E-state index is -0.402. The van der Waals surface area contributed by atoms with Crippen LogP contribution in [0.1, 0.15) is 41.9 Å². The Morgan fingerprint density at radius 1 is 1.09 bits per heavy atom. The Labute approximate surface area is 202 Å². The zero-order valence-corrected chi connectivity index (χ0v) is 19.5. The van der Waals surface area contributed by atoms with Gasteiger partial charge in [-0.2, -0.15) is 4.68 Å². The molecule has 0 aliphatic rings. The Kier molecular flexibility index (Phi) is 7.47. The molecule has 9 nitrogen and oxygen atoms in total. The lowest BCUT2D eigenvalue weighted by Gasteiger charge is -2.13. The van der Waals surface area contributed by atoms with E-state index >= 15 is 0 Å². The van der Waals surface area contributed by atoms with Crippen molar-refractivity contribution in [3.8, 4) is 11.4 Å². The lowest BCUT2D eigenvalue weighted by atomic mass is 10.1. The standard InChI is InChI=1S/C26H26N6O3/c1-3-18(2)28-25(33)21-12-7-9-19(15-21)17-27-26(34)23(16-22-13-8-14-35-22)32-24(29-30-31-32)20-10-5-4-6-11-20/h4-16,18H,3,17H2,1-2H3,(H,27,34)(H,28,33)/b23-16-. The molecule has 0 saturated heterocycles. The van der Waals surface area contributed by atoms with Crippen LogP contribution in [0.15, 0.2) is 77.4 Å². The van der Waals surface area contributed by atoms with Crippen LogP contribution in [0.25, 0.3) is 23.2 Å². The highest BCUT2D eigenvalue weighted by Crippen LogP contribution is 2.20. The molecule has 4 rings (SSSR count). The molecule has 1 unspecified atom stereocenters. The zero-order valence-electron chi connectivity index (χ0n) is 19.5. The molecule has 0 fully saturated rings. The fourth-order valence-corrected chi connectivity index (χ4v) is 3.35. The van der Waals surface area contributed by atoms with E-state index in [1.165, 1.54) is 10.9 Å². The second-order valence-electron chi connectivity index (χ2n) is 7.99. The van der Waals surface area contributed by atoms with E-state index in [-0.39, 0.29) is 24.2 Å². The number of amides is 2. The van der Waals surface area contributed by atoms with Gasteiger partial charge in [-0.15, -0.1) is 5.10 Å². The second-order valence-corrected chi connectivity index (χ2v) is 7.99. The van der Waals surface area contributed by atoms with Crippen molar-refractivity contribution < 1.29 is 14.0 Å². The highest BCUT2D eigenvalue weighted by atomic mass is 16.3. The molecule has 0 radical (unpaired) electrons. The van der Waals surface area contributed by atoms with Gasteiger partial charge in [-0.25, -0.2) is 0 Å². The molecule has 35 heavy (non-hydrogen) atoms. The number of nitrogens with one attached hydrogen (secondary N) is 2. The summed E-state index contributed by atoms with van der Waals surface area (Å²) in [6.07, 6.45) is 3.94. The van der Waals surface area contributed by atoms with Gasteiger partial charge in [-0.1, -0.05) is 49.4 Å². The van der Waals surface area contributed by atoms with Crippen molar-refractivity contribution in [3.63, 3.8) is 0 Å². The summed E-state index contributed by atoms with van der Waals surface area (Å²) in [5, 5.41) is 17.8. The summed E-state index contributed by atoms with van der Waals surface area (Å²) in [5.74, 6) is 0.350. The summed E-state index contributed by atoms with van der Waals surface area (Å²) in [5.41, 5.74) is 2.27. The average molecular weight is 471 g/mol. The summed E-state index contributed by atoms with van der Waals surface area (Å²) >= 11 is 0. The predicted octanol–water partition coefficient (Wildman–Crippen LogP) is 3.78. The molecule has 0 saturated carbocycles. The maximum atomic E-state index is 13.3. The predicted molar refractivity (Wildman–Crippen MR) is 132 cm³/mol. The van der Waals surface area contributed by atoms with Crippen LogP contribution in [0.4, 0.5) is 0 Å². The van der Waals surface area contributed by atoms with E-state index in [2.05, 4.69) is 26.2 Å². The van der Waals surface area contributed by atoms with Crippen LogP contribution in [-0.2, 0) is 11.3 Å². The number of carbonyl (C=O) groups is 2. The molecule has 2 amide bonds. The number of rotatable bonds is 9.